The van der Waals surface area contributed by atoms with Crippen LogP contribution in [0.5, 0.6) is 0 Å². The van der Waals surface area contributed by atoms with Crippen LogP contribution >= 0.6 is 11.6 Å². The van der Waals surface area contributed by atoms with Gasteiger partial charge in [-0.15, -0.1) is 0 Å². The lowest BCUT2D eigenvalue weighted by Crippen LogP contribution is -2.62. The molecule has 1 saturated carbocycles. The van der Waals surface area contributed by atoms with Gasteiger partial charge in [0.05, 0.1) is 34.8 Å². The summed E-state index contributed by atoms with van der Waals surface area (Å²) in [6.07, 6.45) is 1.80. The van der Waals surface area contributed by atoms with Crippen LogP contribution in [0.4, 0.5) is 5.69 Å². The molecular formula is C32H49ClN4O4. The van der Waals surface area contributed by atoms with Gasteiger partial charge in [0.2, 0.25) is 17.7 Å². The van der Waals surface area contributed by atoms with Crippen molar-refractivity contribution in [1.29, 1.82) is 0 Å². The quantitative estimate of drug-likeness (QED) is 0.328. The number of carbonyl (C=O) groups is 3. The molecule has 4 N–H and O–H groups in total. The van der Waals surface area contributed by atoms with Crippen molar-refractivity contribution in [1.82, 2.24) is 10.2 Å². The van der Waals surface area contributed by atoms with E-state index in [0.29, 0.717) is 55.9 Å². The number of amides is 3. The van der Waals surface area contributed by atoms with Crippen molar-refractivity contribution in [2.45, 2.75) is 91.3 Å². The number of piperazine rings is 1. The van der Waals surface area contributed by atoms with Gasteiger partial charge in [0, 0.05) is 24.5 Å². The van der Waals surface area contributed by atoms with E-state index >= 15 is 0 Å². The van der Waals surface area contributed by atoms with Crippen molar-refractivity contribution in [2.24, 2.45) is 28.9 Å². The van der Waals surface area contributed by atoms with Gasteiger partial charge in [0.15, 0.2) is 0 Å². The van der Waals surface area contributed by atoms with E-state index in [4.69, 9.17) is 17.3 Å². The number of nitrogens with two attached hydrogens (primary N) is 1. The monoisotopic (exact) mass is 588 g/mol. The van der Waals surface area contributed by atoms with Crippen LogP contribution < -0.4 is 16.0 Å². The molecule has 1 aromatic rings. The highest BCUT2D eigenvalue weighted by Crippen LogP contribution is 2.44. The van der Waals surface area contributed by atoms with E-state index in [1.54, 1.807) is 11.0 Å². The zero-order valence-electron chi connectivity index (χ0n) is 25.6. The number of para-hydroxylation sites is 1. The van der Waals surface area contributed by atoms with Crippen molar-refractivity contribution < 1.29 is 19.5 Å². The van der Waals surface area contributed by atoms with Crippen LogP contribution in [0.15, 0.2) is 36.4 Å². The molecular weight excluding hydrogens is 540 g/mol. The van der Waals surface area contributed by atoms with E-state index < -0.39 is 11.5 Å². The Bertz CT molecular complexity index is 1140. The summed E-state index contributed by atoms with van der Waals surface area (Å²) < 4.78 is 0. The number of aliphatic hydroxyl groups is 1. The highest BCUT2D eigenvalue weighted by molar-refractivity contribution is 6.33. The summed E-state index contributed by atoms with van der Waals surface area (Å²) in [6, 6.07) is 7.12. The fourth-order valence-corrected chi connectivity index (χ4v) is 6.83. The topological polar surface area (TPSA) is 116 Å². The maximum absolute atomic E-state index is 13.5. The van der Waals surface area contributed by atoms with E-state index in [1.807, 2.05) is 45.9 Å². The third-order valence-electron chi connectivity index (χ3n) is 9.36. The van der Waals surface area contributed by atoms with Crippen molar-refractivity contribution in [2.75, 3.05) is 24.5 Å². The predicted molar refractivity (Wildman–Crippen MR) is 164 cm³/mol. The molecule has 0 aromatic heterocycles. The van der Waals surface area contributed by atoms with Crippen LogP contribution in [0.1, 0.15) is 73.6 Å². The second kappa shape index (κ2) is 13.3. The van der Waals surface area contributed by atoms with Gasteiger partial charge >= 0.3 is 0 Å². The second-order valence-electron chi connectivity index (χ2n) is 13.2. The van der Waals surface area contributed by atoms with E-state index in [0.717, 1.165) is 5.57 Å². The summed E-state index contributed by atoms with van der Waals surface area (Å²) >= 11 is 6.37. The van der Waals surface area contributed by atoms with Gasteiger partial charge in [-0.2, -0.15) is 0 Å². The molecule has 8 nitrogen and oxygen atoms in total. The number of nitrogens with one attached hydrogen (secondary N) is 1. The third kappa shape index (κ3) is 7.51. The van der Waals surface area contributed by atoms with Crippen LogP contribution in [0.2, 0.25) is 5.02 Å². The minimum absolute atomic E-state index is 0.0225. The van der Waals surface area contributed by atoms with Gasteiger partial charge in [-0.3, -0.25) is 19.3 Å². The lowest BCUT2D eigenvalue weighted by Gasteiger charge is -2.47. The summed E-state index contributed by atoms with van der Waals surface area (Å²) in [5.74, 6) is -0.786. The van der Waals surface area contributed by atoms with E-state index in [-0.39, 0.29) is 53.6 Å². The Labute approximate surface area is 250 Å². The fourth-order valence-electron chi connectivity index (χ4n) is 6.60. The summed E-state index contributed by atoms with van der Waals surface area (Å²) in [5, 5.41) is 14.8. The normalized spacial score (nSPS) is 26.6. The molecule has 5 unspecified atom stereocenters. The van der Waals surface area contributed by atoms with E-state index in [9.17, 15) is 19.5 Å². The van der Waals surface area contributed by atoms with Crippen LogP contribution in [0.25, 0.3) is 0 Å². The fraction of sp³-hybridized carbons (Fsp3) is 0.656. The zero-order chi connectivity index (χ0) is 30.7. The maximum Gasteiger partial charge on any atom is 0.241 e. The SMILES string of the molecule is C=C1CC(CC)(C(N)=O)CC(C)C1NC(=O)C(CC(O)CCN1CC(=O)N(c2ccccc2Cl)CC1(C)C)C(C)C. The highest BCUT2D eigenvalue weighted by atomic mass is 35.5. The molecule has 9 heteroatoms. The van der Waals surface area contributed by atoms with Crippen LogP contribution in [0.3, 0.4) is 0 Å². The average molecular weight is 589 g/mol. The molecule has 0 spiro atoms. The Balaban J connectivity index is 1.59. The molecule has 5 atom stereocenters. The number of nitrogens with zero attached hydrogens (tertiary/aromatic N) is 2. The molecule has 1 heterocycles. The molecule has 0 bridgehead atoms. The van der Waals surface area contributed by atoms with Crippen LogP contribution in [0, 0.1) is 23.2 Å². The van der Waals surface area contributed by atoms with Gasteiger partial charge in [0.25, 0.3) is 0 Å². The highest BCUT2D eigenvalue weighted by Gasteiger charge is 2.45. The molecule has 2 fully saturated rings. The average Bonchev–Trinajstić information content (AvgIpc) is 2.89. The Morgan fingerprint density at radius 1 is 1.27 bits per heavy atom. The van der Waals surface area contributed by atoms with Gasteiger partial charge in [0.1, 0.15) is 0 Å². The molecule has 3 amide bonds. The number of hydrogen-bond acceptors (Lipinski definition) is 5. The lowest BCUT2D eigenvalue weighted by molar-refractivity contribution is -0.131. The largest absolute Gasteiger partial charge is 0.393 e. The summed E-state index contributed by atoms with van der Waals surface area (Å²) in [5.41, 5.74) is 6.35. The first-order chi connectivity index (χ1) is 19.1. The summed E-state index contributed by atoms with van der Waals surface area (Å²) in [7, 11) is 0. The van der Waals surface area contributed by atoms with Crippen molar-refractivity contribution in [3.63, 3.8) is 0 Å². The Hall–Kier alpha value is -2.42. The smallest absolute Gasteiger partial charge is 0.241 e. The molecule has 0 radical (unpaired) electrons. The minimum atomic E-state index is -0.699. The molecule has 1 aliphatic heterocycles. The van der Waals surface area contributed by atoms with Gasteiger partial charge in [-0.25, -0.2) is 0 Å². The van der Waals surface area contributed by atoms with Crippen molar-refractivity contribution in [3.05, 3.63) is 41.4 Å². The lowest BCUT2D eigenvalue weighted by atomic mass is 9.64. The molecule has 3 rings (SSSR count). The molecule has 1 aliphatic carbocycles. The Morgan fingerprint density at radius 2 is 1.93 bits per heavy atom. The number of primary amides is 1. The van der Waals surface area contributed by atoms with E-state index in [2.05, 4.69) is 30.6 Å². The number of anilines is 1. The molecule has 1 aromatic carbocycles. The van der Waals surface area contributed by atoms with Gasteiger partial charge in [-0.1, -0.05) is 63.6 Å². The van der Waals surface area contributed by atoms with Crippen molar-refractivity contribution >= 4 is 35.0 Å². The molecule has 1 saturated heterocycles. The molecule has 2 aliphatic rings. The first kappa shape index (κ1) is 33.1. The number of aliphatic hydroxyl groups excluding tert-OH is 1. The first-order valence-electron chi connectivity index (χ1n) is 14.9. The Morgan fingerprint density at radius 3 is 2.49 bits per heavy atom. The van der Waals surface area contributed by atoms with Gasteiger partial charge in [-0.05, 0) is 69.9 Å². The van der Waals surface area contributed by atoms with Gasteiger partial charge < -0.3 is 21.1 Å². The minimum Gasteiger partial charge on any atom is -0.393 e. The molecule has 228 valence electrons. The number of hydrogen-bond donors (Lipinski definition) is 3. The van der Waals surface area contributed by atoms with Crippen LogP contribution in [-0.4, -0.2) is 65.0 Å². The Kier molecular flexibility index (Phi) is 10.7. The molecule has 41 heavy (non-hydrogen) atoms. The first-order valence-corrected chi connectivity index (χ1v) is 15.3. The number of carbonyl (C=O) groups excluding carboxylic acids is 3. The van der Waals surface area contributed by atoms with Crippen LogP contribution in [-0.2, 0) is 14.4 Å². The maximum atomic E-state index is 13.5. The summed E-state index contributed by atoms with van der Waals surface area (Å²) in [4.78, 5) is 42.6. The van der Waals surface area contributed by atoms with E-state index in [1.165, 1.54) is 0 Å². The second-order valence-corrected chi connectivity index (χ2v) is 13.6. The number of halogens is 1. The predicted octanol–water partition coefficient (Wildman–Crippen LogP) is 4.53. The summed E-state index contributed by atoms with van der Waals surface area (Å²) in [6.45, 7) is 17.6. The number of benzene rings is 1. The zero-order valence-corrected chi connectivity index (χ0v) is 26.3. The third-order valence-corrected chi connectivity index (χ3v) is 9.68. The standard InChI is InChI=1S/C32H49ClN4O4/c1-8-32(30(34)41)16-21(4)28(22(5)17-32)35-29(40)24(20(2)3)15-23(38)13-14-36-18-27(39)37(19-31(36,6)7)26-12-10-9-11-25(26)33/h9-12,20,22-24,28,38H,4,8,13-19H2,1-3,5-7H3,(H2,34,41)(H,35,40). The number of rotatable bonds is 11. The van der Waals surface area contributed by atoms with Crippen molar-refractivity contribution in [3.8, 4) is 0 Å².